The van der Waals surface area contributed by atoms with E-state index in [0.717, 1.165) is 23.3 Å². The molecule has 3 N–H and O–H groups in total. The molecule has 0 aliphatic rings. The molecule has 0 aliphatic carbocycles. The largest absolute Gasteiger partial charge is 0.342 e. The molecule has 1 heterocycles. The molecule has 0 aliphatic heterocycles. The van der Waals surface area contributed by atoms with Crippen LogP contribution in [-0.2, 0) is 9.84 Å². The quantitative estimate of drug-likeness (QED) is 0.883. The lowest BCUT2D eigenvalue weighted by Crippen LogP contribution is -2.15. The van der Waals surface area contributed by atoms with Crippen molar-refractivity contribution in [1.82, 2.24) is 9.97 Å². The van der Waals surface area contributed by atoms with Gasteiger partial charge in [-0.15, -0.1) is 0 Å². The standard InChI is InChI=1S/C14H21N3O2S/c1-9(2)6-10(8-15)14-16-12-5-4-11(20(3,18)19)7-13(12)17-14/h4-5,7,9-10H,6,8,15H2,1-3H3,(H,16,17). The van der Waals surface area contributed by atoms with Crippen LogP contribution in [0.2, 0.25) is 0 Å². The second kappa shape index (κ2) is 5.54. The normalized spacial score (nSPS) is 14.1. The van der Waals surface area contributed by atoms with Crippen molar-refractivity contribution in [2.24, 2.45) is 11.7 Å². The van der Waals surface area contributed by atoms with Crippen molar-refractivity contribution in [3.63, 3.8) is 0 Å². The maximum atomic E-state index is 11.6. The van der Waals surface area contributed by atoms with E-state index in [0.29, 0.717) is 17.4 Å². The molecule has 1 atom stereocenters. The van der Waals surface area contributed by atoms with Crippen molar-refractivity contribution in [3.8, 4) is 0 Å². The van der Waals surface area contributed by atoms with Crippen molar-refractivity contribution >= 4 is 20.9 Å². The Hall–Kier alpha value is -1.40. The van der Waals surface area contributed by atoms with Crippen molar-refractivity contribution in [2.45, 2.75) is 31.1 Å². The highest BCUT2D eigenvalue weighted by Crippen LogP contribution is 2.24. The van der Waals surface area contributed by atoms with Crippen molar-refractivity contribution in [1.29, 1.82) is 0 Å². The predicted octanol–water partition coefficient (Wildman–Crippen LogP) is 2.05. The molecule has 0 saturated heterocycles. The summed E-state index contributed by atoms with van der Waals surface area (Å²) in [6.45, 7) is 4.82. The molecule has 110 valence electrons. The number of aromatic nitrogens is 2. The summed E-state index contributed by atoms with van der Waals surface area (Å²) < 4.78 is 23.1. The Morgan fingerprint density at radius 2 is 2.05 bits per heavy atom. The first kappa shape index (κ1) is 15.0. The third-order valence-corrected chi connectivity index (χ3v) is 4.44. The van der Waals surface area contributed by atoms with Crippen LogP contribution in [-0.4, -0.2) is 31.2 Å². The number of imidazole rings is 1. The Kier molecular flexibility index (Phi) is 4.15. The van der Waals surface area contributed by atoms with Gasteiger partial charge in [0.2, 0.25) is 0 Å². The summed E-state index contributed by atoms with van der Waals surface area (Å²) in [4.78, 5) is 8.04. The highest BCUT2D eigenvalue weighted by molar-refractivity contribution is 7.90. The molecule has 0 radical (unpaired) electrons. The van der Waals surface area contributed by atoms with Crippen LogP contribution in [0.4, 0.5) is 0 Å². The summed E-state index contributed by atoms with van der Waals surface area (Å²) in [6, 6.07) is 4.95. The Morgan fingerprint density at radius 3 is 2.60 bits per heavy atom. The molecule has 2 rings (SSSR count). The zero-order valence-corrected chi connectivity index (χ0v) is 12.9. The van der Waals surface area contributed by atoms with Gasteiger partial charge in [0.1, 0.15) is 5.82 Å². The predicted molar refractivity (Wildman–Crippen MR) is 80.5 cm³/mol. The van der Waals surface area contributed by atoms with Gasteiger partial charge < -0.3 is 10.7 Å². The van der Waals surface area contributed by atoms with Gasteiger partial charge in [0.05, 0.1) is 15.9 Å². The molecule has 0 amide bonds. The first-order valence-electron chi connectivity index (χ1n) is 6.71. The number of nitrogens with zero attached hydrogens (tertiary/aromatic N) is 1. The van der Waals surface area contributed by atoms with Gasteiger partial charge in [-0.3, -0.25) is 0 Å². The number of nitrogens with two attached hydrogens (primary N) is 1. The highest BCUT2D eigenvalue weighted by atomic mass is 32.2. The SMILES string of the molecule is CC(C)CC(CN)c1nc2ccc(S(C)(=O)=O)cc2[nH]1. The molecule has 2 aromatic rings. The van der Waals surface area contributed by atoms with E-state index < -0.39 is 9.84 Å². The van der Waals surface area contributed by atoms with E-state index in [2.05, 4.69) is 23.8 Å². The minimum Gasteiger partial charge on any atom is -0.342 e. The number of H-pyrrole nitrogens is 1. The van der Waals surface area contributed by atoms with E-state index in [4.69, 9.17) is 5.73 Å². The topological polar surface area (TPSA) is 88.8 Å². The van der Waals surface area contributed by atoms with E-state index >= 15 is 0 Å². The smallest absolute Gasteiger partial charge is 0.175 e. The van der Waals surface area contributed by atoms with Gasteiger partial charge in [-0.1, -0.05) is 13.8 Å². The zero-order valence-electron chi connectivity index (χ0n) is 12.1. The number of benzene rings is 1. The molecule has 0 fully saturated rings. The van der Waals surface area contributed by atoms with Gasteiger partial charge in [-0.25, -0.2) is 13.4 Å². The monoisotopic (exact) mass is 295 g/mol. The lowest BCUT2D eigenvalue weighted by atomic mass is 9.97. The van der Waals surface area contributed by atoms with Crippen LogP contribution >= 0.6 is 0 Å². The van der Waals surface area contributed by atoms with E-state index in [9.17, 15) is 8.42 Å². The summed E-state index contributed by atoms with van der Waals surface area (Å²) in [7, 11) is -3.20. The Labute approximate surface area is 119 Å². The zero-order chi connectivity index (χ0) is 14.9. The van der Waals surface area contributed by atoms with Crippen LogP contribution in [0.15, 0.2) is 23.1 Å². The summed E-state index contributed by atoms with van der Waals surface area (Å²) in [5, 5.41) is 0. The number of sulfone groups is 1. The van der Waals surface area contributed by atoms with Crippen molar-refractivity contribution in [3.05, 3.63) is 24.0 Å². The van der Waals surface area contributed by atoms with Crippen LogP contribution in [0.1, 0.15) is 32.0 Å². The van der Waals surface area contributed by atoms with Gasteiger partial charge >= 0.3 is 0 Å². The van der Waals surface area contributed by atoms with Gasteiger partial charge in [-0.2, -0.15) is 0 Å². The lowest BCUT2D eigenvalue weighted by molar-refractivity contribution is 0.491. The number of hydrogen-bond acceptors (Lipinski definition) is 4. The van der Waals surface area contributed by atoms with Gasteiger partial charge in [0.15, 0.2) is 9.84 Å². The molecule has 1 unspecified atom stereocenters. The van der Waals surface area contributed by atoms with Crippen LogP contribution in [0.25, 0.3) is 11.0 Å². The van der Waals surface area contributed by atoms with E-state index in [1.165, 1.54) is 6.26 Å². The fraction of sp³-hybridized carbons (Fsp3) is 0.500. The van der Waals surface area contributed by atoms with Gasteiger partial charge in [0, 0.05) is 18.7 Å². The second-order valence-electron chi connectivity index (χ2n) is 5.64. The molecule has 1 aromatic carbocycles. The van der Waals surface area contributed by atoms with Crippen LogP contribution in [0, 0.1) is 5.92 Å². The van der Waals surface area contributed by atoms with Gasteiger partial charge in [0.25, 0.3) is 0 Å². The Morgan fingerprint density at radius 1 is 1.35 bits per heavy atom. The average molecular weight is 295 g/mol. The van der Waals surface area contributed by atoms with Crippen LogP contribution in [0.5, 0.6) is 0 Å². The fourth-order valence-electron chi connectivity index (χ4n) is 2.32. The number of rotatable bonds is 5. The summed E-state index contributed by atoms with van der Waals surface area (Å²) in [5.41, 5.74) is 7.33. The molecule has 0 saturated carbocycles. The van der Waals surface area contributed by atoms with E-state index in [1.807, 2.05) is 0 Å². The Balaban J connectivity index is 2.43. The third kappa shape index (κ3) is 3.19. The highest BCUT2D eigenvalue weighted by Gasteiger charge is 2.17. The first-order chi connectivity index (χ1) is 9.31. The number of fused-ring (bicyclic) bond motifs is 1. The van der Waals surface area contributed by atoms with Crippen molar-refractivity contribution < 1.29 is 8.42 Å². The average Bonchev–Trinajstić information content (AvgIpc) is 2.76. The van der Waals surface area contributed by atoms with Crippen LogP contribution in [0.3, 0.4) is 0 Å². The van der Waals surface area contributed by atoms with Crippen molar-refractivity contribution in [2.75, 3.05) is 12.8 Å². The molecule has 20 heavy (non-hydrogen) atoms. The number of hydrogen-bond donors (Lipinski definition) is 2. The van der Waals surface area contributed by atoms with E-state index in [1.54, 1.807) is 18.2 Å². The molecule has 1 aromatic heterocycles. The molecule has 0 bridgehead atoms. The summed E-state index contributed by atoms with van der Waals surface area (Å²) in [5.74, 6) is 1.54. The first-order valence-corrected chi connectivity index (χ1v) is 8.60. The molecular formula is C14H21N3O2S. The Bertz CT molecular complexity index is 704. The minimum absolute atomic E-state index is 0.170. The molecule has 0 spiro atoms. The summed E-state index contributed by atoms with van der Waals surface area (Å²) >= 11 is 0. The molecule has 5 nitrogen and oxygen atoms in total. The number of aromatic amines is 1. The minimum atomic E-state index is -3.20. The maximum absolute atomic E-state index is 11.6. The third-order valence-electron chi connectivity index (χ3n) is 3.33. The van der Waals surface area contributed by atoms with Gasteiger partial charge in [-0.05, 0) is 30.5 Å². The fourth-order valence-corrected chi connectivity index (χ4v) is 2.97. The molecular weight excluding hydrogens is 274 g/mol. The molecule has 6 heteroatoms. The second-order valence-corrected chi connectivity index (χ2v) is 7.65. The maximum Gasteiger partial charge on any atom is 0.175 e. The summed E-state index contributed by atoms with van der Waals surface area (Å²) in [6.07, 6.45) is 2.15. The van der Waals surface area contributed by atoms with E-state index in [-0.39, 0.29) is 5.92 Å². The number of nitrogens with one attached hydrogen (secondary N) is 1. The lowest BCUT2D eigenvalue weighted by Gasteiger charge is -2.14. The van der Waals surface area contributed by atoms with Crippen LogP contribution < -0.4 is 5.73 Å².